The minimum absolute atomic E-state index is 0.0697. The lowest BCUT2D eigenvalue weighted by Crippen LogP contribution is -2.09. The van der Waals surface area contributed by atoms with Crippen molar-refractivity contribution >= 4 is 14.3 Å². The molecule has 1 aromatic carbocycles. The summed E-state index contributed by atoms with van der Waals surface area (Å²) < 4.78 is 28.0. The number of aromatic hydroxyl groups is 1. The number of benzene rings is 1. The van der Waals surface area contributed by atoms with Crippen LogP contribution in [-0.2, 0) is 31.5 Å². The Morgan fingerprint density at radius 2 is 1.87 bits per heavy atom. The van der Waals surface area contributed by atoms with Crippen LogP contribution in [0.3, 0.4) is 0 Å². The number of hydrogen-bond donors (Lipinski definition) is 1. The van der Waals surface area contributed by atoms with E-state index in [1.807, 2.05) is 47.6 Å². The fourth-order valence-corrected chi connectivity index (χ4v) is 4.55. The predicted molar refractivity (Wildman–Crippen MR) is 116 cm³/mol. The van der Waals surface area contributed by atoms with Crippen LogP contribution in [0.2, 0.25) is 0 Å². The maximum Gasteiger partial charge on any atom is 0.342 e. The standard InChI is InChI=1S/C22H33O7P/c1-13(2)28-30(29-14(3)4)12-26-10-15(5)8-9-17-20(23)19-18(11-27-22(19)24)16(6)21(17)25-7/h8,13-14,23H,9-12H2,1-7H3/b15-8+. The van der Waals surface area contributed by atoms with E-state index < -0.39 is 14.3 Å². The average Bonchev–Trinajstić information content (AvgIpc) is 3.04. The Labute approximate surface area is 180 Å². The highest BCUT2D eigenvalue weighted by molar-refractivity contribution is 7.47. The summed E-state index contributed by atoms with van der Waals surface area (Å²) in [6.07, 6.45) is 2.89. The summed E-state index contributed by atoms with van der Waals surface area (Å²) >= 11 is 0. The third-order valence-electron chi connectivity index (χ3n) is 4.49. The van der Waals surface area contributed by atoms with Crippen LogP contribution >= 0.6 is 8.38 Å². The van der Waals surface area contributed by atoms with Gasteiger partial charge in [-0.3, -0.25) is 0 Å². The molecule has 2 rings (SSSR count). The number of hydrogen-bond acceptors (Lipinski definition) is 7. The van der Waals surface area contributed by atoms with Crippen molar-refractivity contribution in [3.05, 3.63) is 33.9 Å². The first-order chi connectivity index (χ1) is 14.1. The van der Waals surface area contributed by atoms with E-state index in [0.717, 1.165) is 11.1 Å². The quantitative estimate of drug-likeness (QED) is 0.294. The molecule has 0 fully saturated rings. The fourth-order valence-electron chi connectivity index (χ4n) is 3.20. The lowest BCUT2D eigenvalue weighted by Gasteiger charge is -2.21. The molecule has 1 aliphatic rings. The van der Waals surface area contributed by atoms with E-state index in [-0.39, 0.29) is 30.1 Å². The summed E-state index contributed by atoms with van der Waals surface area (Å²) in [5, 5.41) is 10.7. The molecule has 0 atom stereocenters. The summed E-state index contributed by atoms with van der Waals surface area (Å²) in [6, 6.07) is 0. The van der Waals surface area contributed by atoms with E-state index >= 15 is 0 Å². The summed E-state index contributed by atoms with van der Waals surface area (Å²) in [5.74, 6) is 0.00927. The molecule has 0 aliphatic carbocycles. The molecule has 0 saturated carbocycles. The van der Waals surface area contributed by atoms with Crippen LogP contribution < -0.4 is 4.74 Å². The molecule has 1 aromatic rings. The number of ether oxygens (including phenoxy) is 3. The second kappa shape index (κ2) is 11.1. The molecule has 7 nitrogen and oxygen atoms in total. The molecule has 1 heterocycles. The van der Waals surface area contributed by atoms with Gasteiger partial charge in [-0.25, -0.2) is 4.79 Å². The van der Waals surface area contributed by atoms with Gasteiger partial charge in [0.05, 0.1) is 25.9 Å². The Hall–Kier alpha value is -1.66. The van der Waals surface area contributed by atoms with E-state index in [1.165, 1.54) is 0 Å². The van der Waals surface area contributed by atoms with Gasteiger partial charge in [-0.1, -0.05) is 11.6 Å². The largest absolute Gasteiger partial charge is 0.507 e. The number of carbonyl (C=O) groups excluding carboxylic acids is 1. The van der Waals surface area contributed by atoms with Gasteiger partial charge >= 0.3 is 5.97 Å². The smallest absolute Gasteiger partial charge is 0.342 e. The van der Waals surface area contributed by atoms with E-state index in [1.54, 1.807) is 7.11 Å². The first kappa shape index (κ1) is 24.6. The first-order valence-corrected chi connectivity index (χ1v) is 11.4. The molecule has 30 heavy (non-hydrogen) atoms. The molecule has 0 spiro atoms. The van der Waals surface area contributed by atoms with Crippen molar-refractivity contribution in [2.24, 2.45) is 0 Å². The van der Waals surface area contributed by atoms with Gasteiger partial charge in [0.2, 0.25) is 0 Å². The number of rotatable bonds is 11. The van der Waals surface area contributed by atoms with Gasteiger partial charge in [-0.2, -0.15) is 0 Å². The van der Waals surface area contributed by atoms with Crippen molar-refractivity contribution in [1.29, 1.82) is 0 Å². The van der Waals surface area contributed by atoms with Crippen LogP contribution in [0.5, 0.6) is 11.5 Å². The van der Waals surface area contributed by atoms with Crippen LogP contribution in [0.25, 0.3) is 0 Å². The highest BCUT2D eigenvalue weighted by Crippen LogP contribution is 2.42. The van der Waals surface area contributed by atoms with E-state index in [0.29, 0.717) is 36.3 Å². The number of esters is 1. The van der Waals surface area contributed by atoms with Gasteiger partial charge in [-0.15, -0.1) is 0 Å². The fraction of sp³-hybridized carbons (Fsp3) is 0.591. The van der Waals surface area contributed by atoms with Crippen molar-refractivity contribution in [2.75, 3.05) is 20.1 Å². The van der Waals surface area contributed by atoms with E-state index in [4.69, 9.17) is 23.3 Å². The second-order valence-corrected chi connectivity index (χ2v) is 9.13. The average molecular weight is 440 g/mol. The number of cyclic esters (lactones) is 1. The molecule has 8 heteroatoms. The van der Waals surface area contributed by atoms with E-state index in [2.05, 4.69) is 0 Å². The van der Waals surface area contributed by atoms with Crippen molar-refractivity contribution in [3.8, 4) is 11.5 Å². The van der Waals surface area contributed by atoms with Crippen molar-refractivity contribution in [2.45, 2.75) is 66.8 Å². The molecule has 0 unspecified atom stereocenters. The first-order valence-electron chi connectivity index (χ1n) is 10.1. The van der Waals surface area contributed by atoms with Crippen LogP contribution in [0.1, 0.15) is 61.7 Å². The maximum atomic E-state index is 12.0. The summed E-state index contributed by atoms with van der Waals surface area (Å²) in [7, 11) is 0.446. The third-order valence-corrected chi connectivity index (χ3v) is 6.19. The molecular weight excluding hydrogens is 407 g/mol. The zero-order valence-electron chi connectivity index (χ0n) is 18.9. The molecular formula is C22H33O7P. The lowest BCUT2D eigenvalue weighted by atomic mass is 9.95. The van der Waals surface area contributed by atoms with Crippen LogP contribution in [-0.4, -0.2) is 43.3 Å². The number of fused-ring (bicyclic) bond motifs is 1. The minimum Gasteiger partial charge on any atom is -0.507 e. The molecule has 1 aliphatic heterocycles. The lowest BCUT2D eigenvalue weighted by molar-refractivity contribution is 0.0533. The zero-order valence-corrected chi connectivity index (χ0v) is 19.8. The van der Waals surface area contributed by atoms with Crippen LogP contribution in [0.4, 0.5) is 0 Å². The Morgan fingerprint density at radius 1 is 1.23 bits per heavy atom. The van der Waals surface area contributed by atoms with E-state index in [9.17, 15) is 9.90 Å². The highest BCUT2D eigenvalue weighted by atomic mass is 31.2. The van der Waals surface area contributed by atoms with Gasteiger partial charge in [0, 0.05) is 11.1 Å². The monoisotopic (exact) mass is 440 g/mol. The number of phenols is 1. The Bertz CT molecular complexity index is 776. The molecule has 0 amide bonds. The molecule has 0 radical (unpaired) electrons. The number of phenolic OH excluding ortho intramolecular Hbond substituents is 1. The Kier molecular flexibility index (Phi) is 9.10. The normalized spacial score (nSPS) is 14.1. The molecule has 1 N–H and O–H groups in total. The summed E-state index contributed by atoms with van der Waals surface area (Å²) in [5.41, 5.74) is 3.30. The predicted octanol–water partition coefficient (Wildman–Crippen LogP) is 5.00. The highest BCUT2D eigenvalue weighted by Gasteiger charge is 2.31. The molecule has 0 bridgehead atoms. The Morgan fingerprint density at radius 3 is 2.43 bits per heavy atom. The minimum atomic E-state index is -1.11. The van der Waals surface area contributed by atoms with Crippen molar-refractivity contribution < 1.29 is 33.2 Å². The zero-order chi connectivity index (χ0) is 22.4. The van der Waals surface area contributed by atoms with Gasteiger partial charge < -0.3 is 28.4 Å². The molecule has 168 valence electrons. The van der Waals surface area contributed by atoms with Crippen molar-refractivity contribution in [1.82, 2.24) is 0 Å². The molecule has 0 aromatic heterocycles. The summed E-state index contributed by atoms with van der Waals surface area (Å²) in [6.45, 7) is 12.3. The second-order valence-electron chi connectivity index (χ2n) is 7.79. The summed E-state index contributed by atoms with van der Waals surface area (Å²) in [4.78, 5) is 12.0. The number of carbonyl (C=O) groups is 1. The number of methoxy groups -OCH3 is 1. The van der Waals surface area contributed by atoms with Gasteiger partial charge in [0.1, 0.15) is 30.0 Å². The van der Waals surface area contributed by atoms with Gasteiger partial charge in [-0.05, 0) is 53.5 Å². The topological polar surface area (TPSA) is 83.5 Å². The maximum absolute atomic E-state index is 12.0. The van der Waals surface area contributed by atoms with Crippen LogP contribution in [0, 0.1) is 6.92 Å². The number of allylic oxidation sites excluding steroid dienone is 1. The SMILES string of the molecule is COc1c(C)c2c(c(O)c1C/C=C(\C)COCP(OC(C)C)OC(C)C)C(=O)OC2. The van der Waals surface area contributed by atoms with Crippen LogP contribution in [0.15, 0.2) is 11.6 Å². The Balaban J connectivity index is 2.06. The van der Waals surface area contributed by atoms with Gasteiger partial charge in [0.25, 0.3) is 0 Å². The third kappa shape index (κ3) is 6.17. The van der Waals surface area contributed by atoms with Crippen molar-refractivity contribution in [3.63, 3.8) is 0 Å². The van der Waals surface area contributed by atoms with Gasteiger partial charge in [0.15, 0.2) is 8.38 Å². The molecule has 0 saturated heterocycles.